The Morgan fingerprint density at radius 1 is 1.18 bits per heavy atom. The molecule has 1 aromatic carbocycles. The van der Waals surface area contributed by atoms with Crippen molar-refractivity contribution in [3.05, 3.63) is 46.7 Å². The van der Waals surface area contributed by atoms with E-state index in [0.717, 1.165) is 49.2 Å². The molecule has 0 bridgehead atoms. The van der Waals surface area contributed by atoms with E-state index in [1.54, 1.807) is 0 Å². The number of aliphatic hydroxyl groups excluding tert-OH is 1. The van der Waals surface area contributed by atoms with Gasteiger partial charge in [0, 0.05) is 68.9 Å². The van der Waals surface area contributed by atoms with E-state index in [-0.39, 0.29) is 11.8 Å². The van der Waals surface area contributed by atoms with Crippen molar-refractivity contribution < 1.29 is 5.11 Å². The Labute approximate surface area is 238 Å². The van der Waals surface area contributed by atoms with Crippen LogP contribution in [0.4, 0.5) is 11.4 Å². The SMILES string of the molecule is CC/C=C(\N)C1PC(CC)=C(NCC(C)O)NC1Nc1ccc(N2CCC(N3CCN(C)CC3)CC2)c(C)c1. The van der Waals surface area contributed by atoms with E-state index in [0.29, 0.717) is 15.1 Å². The number of hydrogen-bond donors (Lipinski definition) is 5. The third-order valence-corrected chi connectivity index (χ3v) is 10.3. The average molecular weight is 558 g/mol. The molecule has 218 valence electrons. The number of piperazine rings is 1. The zero-order chi connectivity index (χ0) is 27.9. The maximum absolute atomic E-state index is 9.84. The number of allylic oxidation sites excluding steroid dienone is 2. The summed E-state index contributed by atoms with van der Waals surface area (Å²) in [7, 11) is 2.82. The molecule has 3 heterocycles. The molecule has 2 fully saturated rings. The van der Waals surface area contributed by atoms with Gasteiger partial charge >= 0.3 is 0 Å². The number of rotatable bonds is 10. The van der Waals surface area contributed by atoms with Crippen LogP contribution in [-0.4, -0.2) is 91.7 Å². The van der Waals surface area contributed by atoms with E-state index < -0.39 is 6.10 Å². The second kappa shape index (κ2) is 14.1. The monoisotopic (exact) mass is 557 g/mol. The first kappa shape index (κ1) is 30.0. The Kier molecular flexibility index (Phi) is 10.8. The molecule has 0 amide bonds. The van der Waals surface area contributed by atoms with E-state index in [1.807, 2.05) is 6.92 Å². The van der Waals surface area contributed by atoms with Crippen molar-refractivity contribution >= 4 is 20.0 Å². The maximum atomic E-state index is 9.84. The lowest BCUT2D eigenvalue weighted by Crippen LogP contribution is -2.52. The summed E-state index contributed by atoms with van der Waals surface area (Å²) in [5.41, 5.74) is 11.5. The lowest BCUT2D eigenvalue weighted by molar-refractivity contribution is 0.0982. The van der Waals surface area contributed by atoms with Gasteiger partial charge in [-0.3, -0.25) is 4.90 Å². The number of piperidine rings is 1. The Morgan fingerprint density at radius 3 is 2.51 bits per heavy atom. The largest absolute Gasteiger partial charge is 0.402 e. The van der Waals surface area contributed by atoms with Gasteiger partial charge in [-0.15, -0.1) is 0 Å². The number of nitrogens with one attached hydrogen (secondary N) is 3. The predicted molar refractivity (Wildman–Crippen MR) is 168 cm³/mol. The molecule has 6 N–H and O–H groups in total. The Balaban J connectivity index is 1.43. The minimum atomic E-state index is -0.406. The quantitative estimate of drug-likeness (QED) is 0.280. The molecule has 0 saturated carbocycles. The van der Waals surface area contributed by atoms with Gasteiger partial charge in [-0.05, 0) is 75.7 Å². The van der Waals surface area contributed by atoms with Crippen LogP contribution in [0.15, 0.2) is 41.1 Å². The summed E-state index contributed by atoms with van der Waals surface area (Å²) in [6, 6.07) is 7.52. The fourth-order valence-corrected chi connectivity index (χ4v) is 7.55. The third-order valence-electron chi connectivity index (χ3n) is 8.37. The van der Waals surface area contributed by atoms with E-state index in [9.17, 15) is 5.11 Å². The first-order chi connectivity index (χ1) is 18.8. The van der Waals surface area contributed by atoms with E-state index >= 15 is 0 Å². The number of aryl methyl sites for hydroxylation is 1. The molecule has 3 aliphatic heterocycles. The van der Waals surface area contributed by atoms with Gasteiger partial charge in [0.15, 0.2) is 0 Å². The predicted octanol–water partition coefficient (Wildman–Crippen LogP) is 3.40. The van der Waals surface area contributed by atoms with Gasteiger partial charge < -0.3 is 36.6 Å². The van der Waals surface area contributed by atoms with Crippen LogP contribution in [0.1, 0.15) is 52.0 Å². The number of nitrogens with two attached hydrogens (primary N) is 1. The Bertz CT molecular complexity index is 997. The molecule has 0 radical (unpaired) electrons. The molecule has 4 atom stereocenters. The highest BCUT2D eigenvalue weighted by atomic mass is 31.1. The number of benzene rings is 1. The van der Waals surface area contributed by atoms with Crippen LogP contribution in [0.2, 0.25) is 0 Å². The summed E-state index contributed by atoms with van der Waals surface area (Å²) < 4.78 is 0. The van der Waals surface area contributed by atoms with Crippen molar-refractivity contribution in [2.75, 3.05) is 63.1 Å². The maximum Gasteiger partial charge on any atom is 0.110 e. The van der Waals surface area contributed by atoms with Crippen molar-refractivity contribution in [1.82, 2.24) is 20.4 Å². The van der Waals surface area contributed by atoms with Gasteiger partial charge in [-0.25, -0.2) is 0 Å². The van der Waals surface area contributed by atoms with E-state index in [2.05, 4.69) is 82.7 Å². The van der Waals surface area contributed by atoms with E-state index in [4.69, 9.17) is 5.73 Å². The highest BCUT2D eigenvalue weighted by Crippen LogP contribution is 2.41. The van der Waals surface area contributed by atoms with Gasteiger partial charge in [-0.1, -0.05) is 28.5 Å². The van der Waals surface area contributed by atoms with Crippen LogP contribution in [0, 0.1) is 6.92 Å². The minimum Gasteiger partial charge on any atom is -0.402 e. The molecular weight excluding hydrogens is 505 g/mol. The van der Waals surface area contributed by atoms with Crippen molar-refractivity contribution in [3.8, 4) is 0 Å². The van der Waals surface area contributed by atoms with Crippen LogP contribution >= 0.6 is 8.58 Å². The summed E-state index contributed by atoms with van der Waals surface area (Å²) >= 11 is 0. The summed E-state index contributed by atoms with van der Waals surface area (Å²) in [6.45, 7) is 15.9. The molecule has 2 saturated heterocycles. The second-order valence-electron chi connectivity index (χ2n) is 11.5. The number of anilines is 2. The van der Waals surface area contributed by atoms with Crippen molar-refractivity contribution in [2.24, 2.45) is 5.73 Å². The van der Waals surface area contributed by atoms with Crippen molar-refractivity contribution in [3.63, 3.8) is 0 Å². The van der Waals surface area contributed by atoms with Gasteiger partial charge in [0.2, 0.25) is 0 Å². The molecule has 3 aliphatic rings. The molecule has 8 nitrogen and oxygen atoms in total. The fourth-order valence-electron chi connectivity index (χ4n) is 6.05. The lowest BCUT2D eigenvalue weighted by Gasteiger charge is -2.43. The molecule has 0 aliphatic carbocycles. The molecule has 1 aromatic rings. The van der Waals surface area contributed by atoms with Gasteiger partial charge in [0.25, 0.3) is 0 Å². The van der Waals surface area contributed by atoms with Crippen LogP contribution in [-0.2, 0) is 0 Å². The van der Waals surface area contributed by atoms with Gasteiger partial charge in [0.05, 0.1) is 11.8 Å². The first-order valence-electron chi connectivity index (χ1n) is 15.0. The number of aliphatic hydroxyl groups is 1. The zero-order valence-electron chi connectivity index (χ0n) is 24.8. The summed E-state index contributed by atoms with van der Waals surface area (Å²) in [5, 5.41) is 22.1. The summed E-state index contributed by atoms with van der Waals surface area (Å²) in [4.78, 5) is 7.73. The van der Waals surface area contributed by atoms with Crippen LogP contribution in [0.3, 0.4) is 0 Å². The molecule has 4 unspecified atom stereocenters. The van der Waals surface area contributed by atoms with E-state index in [1.165, 1.54) is 55.6 Å². The second-order valence-corrected chi connectivity index (χ2v) is 13.0. The molecule has 9 heteroatoms. The average Bonchev–Trinajstić information content (AvgIpc) is 2.92. The summed E-state index contributed by atoms with van der Waals surface area (Å²) in [6.07, 6.45) is 6.09. The normalized spacial score (nSPS) is 25.6. The summed E-state index contributed by atoms with van der Waals surface area (Å²) in [5.74, 6) is 1.03. The lowest BCUT2D eigenvalue weighted by atomic mass is 10.0. The number of likely N-dealkylation sites (N-methyl/N-ethyl adjacent to an activating group) is 1. The Hall–Kier alpha value is -1.99. The Morgan fingerprint density at radius 2 is 1.90 bits per heavy atom. The standard InChI is InChI=1S/C30H52N7OP/c1-6-8-25(31)28-30(34-29(27(7-2)39-28)32-20-22(4)38)33-23-9-10-26(21(3)19-23)37-13-11-24(12-14-37)36-17-15-35(5)16-18-36/h8-10,19,22,24,28,30,32-34,38-39H,6-7,11-18,20,31H2,1-5H3/b25-8-. The molecule has 39 heavy (non-hydrogen) atoms. The van der Waals surface area contributed by atoms with Gasteiger partial charge in [-0.2, -0.15) is 0 Å². The molecule has 4 rings (SSSR count). The van der Waals surface area contributed by atoms with Crippen LogP contribution in [0.5, 0.6) is 0 Å². The molecule has 0 aromatic heterocycles. The molecule has 0 spiro atoms. The third kappa shape index (κ3) is 7.81. The minimum absolute atomic E-state index is 0.0254. The highest BCUT2D eigenvalue weighted by Gasteiger charge is 2.31. The zero-order valence-corrected chi connectivity index (χ0v) is 25.8. The van der Waals surface area contributed by atoms with Crippen LogP contribution < -0.4 is 26.6 Å². The van der Waals surface area contributed by atoms with Crippen molar-refractivity contribution in [1.29, 1.82) is 0 Å². The number of nitrogens with zero attached hydrogens (tertiary/aromatic N) is 3. The smallest absolute Gasteiger partial charge is 0.110 e. The van der Waals surface area contributed by atoms with Crippen molar-refractivity contribution in [2.45, 2.75) is 77.3 Å². The highest BCUT2D eigenvalue weighted by molar-refractivity contribution is 7.44. The topological polar surface area (TPSA) is 92.1 Å². The van der Waals surface area contributed by atoms with Gasteiger partial charge in [0.1, 0.15) is 12.0 Å². The fraction of sp³-hybridized carbons (Fsp3) is 0.667. The van der Waals surface area contributed by atoms with Crippen LogP contribution in [0.25, 0.3) is 0 Å². The molecular formula is C30H52N7OP. The number of hydrogen-bond acceptors (Lipinski definition) is 8. The first-order valence-corrected chi connectivity index (χ1v) is 16.0.